The minimum atomic E-state index is -0.180. The number of anilines is 3. The number of piperidine rings is 1. The molecule has 11 heteroatoms. The molecule has 30 heavy (non-hydrogen) atoms. The molecule has 4 atom stereocenters. The Morgan fingerprint density at radius 1 is 1.40 bits per heavy atom. The average Bonchev–Trinajstić information content (AvgIpc) is 3.21. The maximum Gasteiger partial charge on any atom is 0.281 e. The first kappa shape index (κ1) is 16.7. The minimum absolute atomic E-state index is 0.000723. The second-order valence-corrected chi connectivity index (χ2v) is 8.76. The fourth-order valence-corrected chi connectivity index (χ4v) is 5.66. The van der Waals surface area contributed by atoms with Gasteiger partial charge in [-0.2, -0.15) is 4.98 Å². The molecule has 2 bridgehead atoms. The number of nitrogens with zero attached hydrogens (tertiary/aromatic N) is 6. The summed E-state index contributed by atoms with van der Waals surface area (Å²) in [5, 5.41) is 6.62. The molecule has 2 saturated carbocycles. The molecular formula is C19H17ClN8O2. The Labute approximate surface area is 175 Å². The van der Waals surface area contributed by atoms with Gasteiger partial charge in [-0.15, -0.1) is 5.53 Å². The molecule has 0 radical (unpaired) electrons. The molecule has 1 unspecified atom stereocenters. The van der Waals surface area contributed by atoms with Crippen molar-refractivity contribution >= 4 is 28.8 Å². The van der Waals surface area contributed by atoms with Crippen LogP contribution in [0.15, 0.2) is 39.9 Å². The molecule has 0 spiro atoms. The van der Waals surface area contributed by atoms with Crippen molar-refractivity contribution in [2.24, 2.45) is 11.8 Å². The van der Waals surface area contributed by atoms with Crippen LogP contribution in [0.25, 0.3) is 0 Å². The summed E-state index contributed by atoms with van der Waals surface area (Å²) in [7, 11) is 1.75. The van der Waals surface area contributed by atoms with E-state index in [0.717, 1.165) is 23.1 Å². The summed E-state index contributed by atoms with van der Waals surface area (Å²) in [6.45, 7) is 1.17. The predicted molar refractivity (Wildman–Crippen MR) is 108 cm³/mol. The number of nitrogens with one attached hydrogen (secondary N) is 2. The van der Waals surface area contributed by atoms with E-state index in [1.165, 1.54) is 10.9 Å². The summed E-state index contributed by atoms with van der Waals surface area (Å²) in [6.07, 6.45) is 1.48. The van der Waals surface area contributed by atoms with Gasteiger partial charge in [0.2, 0.25) is 5.89 Å². The Morgan fingerprint density at radius 2 is 2.30 bits per heavy atom. The molecule has 3 aromatic rings. The summed E-state index contributed by atoms with van der Waals surface area (Å²) in [5.74, 6) is 2.81. The fraction of sp³-hybridized carbons (Fsp3) is 0.368. The van der Waals surface area contributed by atoms with E-state index < -0.39 is 0 Å². The third-order valence-electron chi connectivity index (χ3n) is 6.93. The Hall–Kier alpha value is -3.11. The van der Waals surface area contributed by atoms with Crippen molar-refractivity contribution in [3.8, 4) is 0 Å². The maximum atomic E-state index is 12.7. The number of aromatic nitrogens is 4. The summed E-state index contributed by atoms with van der Waals surface area (Å²) in [5.41, 5.74) is 7.10. The smallest absolute Gasteiger partial charge is 0.281 e. The molecule has 5 aliphatic rings. The van der Waals surface area contributed by atoms with E-state index >= 15 is 0 Å². The zero-order chi connectivity index (χ0) is 20.2. The van der Waals surface area contributed by atoms with E-state index in [0.29, 0.717) is 35.3 Å². The van der Waals surface area contributed by atoms with E-state index in [1.807, 2.05) is 18.2 Å². The van der Waals surface area contributed by atoms with E-state index in [4.69, 9.17) is 16.1 Å². The monoisotopic (exact) mass is 424 g/mol. The molecule has 2 aliphatic carbocycles. The maximum absolute atomic E-state index is 12.7. The SMILES string of the molecule is CN1NNc2ncn(Cc3nc([C@@]45C6[C@H]4[C@H]5CN6c4cccc(Cl)c4)no3)c(=O)c21. The first-order valence-electron chi connectivity index (χ1n) is 9.79. The Morgan fingerprint density at radius 3 is 3.13 bits per heavy atom. The van der Waals surface area contributed by atoms with Gasteiger partial charge in [-0.25, -0.2) is 4.98 Å². The zero-order valence-corrected chi connectivity index (χ0v) is 16.7. The Balaban J connectivity index is 1.15. The molecule has 1 aromatic carbocycles. The van der Waals surface area contributed by atoms with Gasteiger partial charge < -0.3 is 9.42 Å². The molecule has 152 valence electrons. The molecule has 2 aromatic heterocycles. The normalized spacial score (nSPS) is 29.6. The number of rotatable bonds is 4. The lowest BCUT2D eigenvalue weighted by atomic mass is 10.1. The van der Waals surface area contributed by atoms with Crippen LogP contribution < -0.4 is 26.4 Å². The molecule has 3 aliphatic heterocycles. The highest BCUT2D eigenvalue weighted by molar-refractivity contribution is 6.30. The third-order valence-corrected chi connectivity index (χ3v) is 7.17. The molecule has 0 amide bonds. The second-order valence-electron chi connectivity index (χ2n) is 8.32. The number of halogens is 1. The number of benzene rings is 1. The van der Waals surface area contributed by atoms with Crippen molar-refractivity contribution in [2.45, 2.75) is 18.0 Å². The van der Waals surface area contributed by atoms with Gasteiger partial charge in [0.1, 0.15) is 12.9 Å². The molecule has 8 rings (SSSR count). The quantitative estimate of drug-likeness (QED) is 0.634. The van der Waals surface area contributed by atoms with Crippen LogP contribution in [-0.4, -0.2) is 39.3 Å². The molecule has 10 nitrogen and oxygen atoms in total. The molecular weight excluding hydrogens is 408 g/mol. The van der Waals surface area contributed by atoms with E-state index in [-0.39, 0.29) is 17.5 Å². The second kappa shape index (κ2) is 5.32. The summed E-state index contributed by atoms with van der Waals surface area (Å²) >= 11 is 6.17. The Kier molecular flexibility index (Phi) is 2.96. The largest absolute Gasteiger partial charge is 0.367 e. The van der Waals surface area contributed by atoms with Gasteiger partial charge in [0.25, 0.3) is 5.56 Å². The lowest BCUT2D eigenvalue weighted by Crippen LogP contribution is -2.35. The number of hydrogen-bond acceptors (Lipinski definition) is 9. The van der Waals surface area contributed by atoms with Crippen LogP contribution in [0.3, 0.4) is 0 Å². The average molecular weight is 425 g/mol. The highest BCUT2D eigenvalue weighted by Gasteiger charge is 2.95. The van der Waals surface area contributed by atoms with Gasteiger partial charge >= 0.3 is 0 Å². The van der Waals surface area contributed by atoms with Crippen LogP contribution in [0.2, 0.25) is 5.02 Å². The van der Waals surface area contributed by atoms with Crippen molar-refractivity contribution in [3.63, 3.8) is 0 Å². The van der Waals surface area contributed by atoms with Gasteiger partial charge in [-0.1, -0.05) is 22.8 Å². The third kappa shape index (κ3) is 1.93. The molecule has 2 N–H and O–H groups in total. The van der Waals surface area contributed by atoms with Crippen molar-refractivity contribution < 1.29 is 4.52 Å². The number of hydrogen-bond donors (Lipinski definition) is 2. The van der Waals surface area contributed by atoms with Crippen molar-refractivity contribution in [3.05, 3.63) is 57.7 Å². The van der Waals surface area contributed by atoms with Crippen molar-refractivity contribution in [2.75, 3.05) is 28.9 Å². The fourth-order valence-electron chi connectivity index (χ4n) is 5.48. The van der Waals surface area contributed by atoms with E-state index in [9.17, 15) is 4.79 Å². The highest BCUT2D eigenvalue weighted by atomic mass is 35.5. The topological polar surface area (TPSA) is 104 Å². The summed E-state index contributed by atoms with van der Waals surface area (Å²) in [6, 6.07) is 8.37. The van der Waals surface area contributed by atoms with Crippen LogP contribution in [0.1, 0.15) is 11.7 Å². The van der Waals surface area contributed by atoms with Gasteiger partial charge in [0.05, 0.1) is 5.41 Å². The highest BCUT2D eigenvalue weighted by Crippen LogP contribution is 2.85. The molecule has 5 heterocycles. The van der Waals surface area contributed by atoms with Crippen LogP contribution in [-0.2, 0) is 12.0 Å². The van der Waals surface area contributed by atoms with Crippen LogP contribution in [0.5, 0.6) is 0 Å². The number of hydrazine groups is 2. The summed E-state index contributed by atoms with van der Waals surface area (Å²) < 4.78 is 6.99. The lowest BCUT2D eigenvalue weighted by molar-refractivity contribution is 0.361. The first-order chi connectivity index (χ1) is 14.6. The van der Waals surface area contributed by atoms with Crippen LogP contribution in [0.4, 0.5) is 17.2 Å². The standard InChI is InChI=1S/C19H17ClN8O2/c1-26-14-16(23-25-26)21-8-27(17(14)29)7-12-22-18(24-30-12)19-11-6-28(15(19)13(11)19)10-4-2-3-9(20)5-10/h2-5,8,11,13,15,23,25H,6-7H2,1H3/t11-,13-,15?,19-/m1/s1. The first-order valence-corrected chi connectivity index (χ1v) is 10.2. The van der Waals surface area contributed by atoms with Gasteiger partial charge in [0, 0.05) is 36.3 Å². The van der Waals surface area contributed by atoms with Crippen LogP contribution in [0, 0.1) is 11.8 Å². The number of fused-ring (bicyclic) bond motifs is 2. The van der Waals surface area contributed by atoms with Crippen molar-refractivity contribution in [1.82, 2.24) is 25.2 Å². The predicted octanol–water partition coefficient (Wildman–Crippen LogP) is 0.996. The zero-order valence-electron chi connectivity index (χ0n) is 15.9. The van der Waals surface area contributed by atoms with Gasteiger partial charge in [0.15, 0.2) is 17.3 Å². The van der Waals surface area contributed by atoms with E-state index in [1.54, 1.807) is 12.1 Å². The molecule has 4 fully saturated rings. The Bertz CT molecular complexity index is 1270. The lowest BCUT2D eigenvalue weighted by Gasteiger charge is -2.18. The van der Waals surface area contributed by atoms with Crippen molar-refractivity contribution in [1.29, 1.82) is 0 Å². The van der Waals surface area contributed by atoms with Gasteiger partial charge in [-0.3, -0.25) is 19.8 Å². The summed E-state index contributed by atoms with van der Waals surface area (Å²) in [4.78, 5) is 24.1. The minimum Gasteiger partial charge on any atom is -0.367 e. The van der Waals surface area contributed by atoms with E-state index in [2.05, 4.69) is 37.1 Å². The molecule has 2 saturated heterocycles. The van der Waals surface area contributed by atoms with Gasteiger partial charge in [-0.05, 0) is 24.1 Å². The van der Waals surface area contributed by atoms with Crippen LogP contribution >= 0.6 is 11.6 Å².